The number of aromatic nitrogens is 6. The molecule has 7 heteroatoms. The molecule has 0 spiro atoms. The van der Waals surface area contributed by atoms with Crippen LogP contribution in [-0.4, -0.2) is 29.7 Å². The molecule has 0 aliphatic heterocycles. The Morgan fingerprint density at radius 3 is 2.38 bits per heavy atom. The van der Waals surface area contributed by atoms with Crippen LogP contribution in [0.5, 0.6) is 0 Å². The van der Waals surface area contributed by atoms with E-state index in [1.807, 2.05) is 59.5 Å². The van der Waals surface area contributed by atoms with E-state index in [9.17, 15) is 0 Å². The maximum atomic E-state index is 4.75. The van der Waals surface area contributed by atoms with E-state index >= 15 is 0 Å². The van der Waals surface area contributed by atoms with Crippen LogP contribution in [0.4, 0.5) is 11.6 Å². The van der Waals surface area contributed by atoms with Gasteiger partial charge in [-0.15, -0.1) is 0 Å². The van der Waals surface area contributed by atoms with Crippen molar-refractivity contribution in [3.63, 3.8) is 0 Å². The summed E-state index contributed by atoms with van der Waals surface area (Å²) in [5.74, 6) is 0.528. The molecule has 0 aliphatic carbocycles. The molecule has 0 saturated carbocycles. The second-order valence-corrected chi connectivity index (χ2v) is 7.19. The molecule has 0 fully saturated rings. The molecule has 7 nitrogen and oxygen atoms in total. The van der Waals surface area contributed by atoms with Crippen LogP contribution in [0, 0.1) is 0 Å². The van der Waals surface area contributed by atoms with Gasteiger partial charge in [0.15, 0.2) is 0 Å². The smallest absolute Gasteiger partial charge is 0.227 e. The normalized spacial score (nSPS) is 10.8. The summed E-state index contributed by atoms with van der Waals surface area (Å²) < 4.78 is 1.91. The van der Waals surface area contributed by atoms with E-state index in [0.717, 1.165) is 45.9 Å². The van der Waals surface area contributed by atoms with Gasteiger partial charge in [0.05, 0.1) is 5.69 Å². The number of aryl methyl sites for hydroxylation is 1. The van der Waals surface area contributed by atoms with E-state index in [0.29, 0.717) is 5.95 Å². The highest BCUT2D eigenvalue weighted by molar-refractivity contribution is 5.78. The lowest BCUT2D eigenvalue weighted by Gasteiger charge is -2.08. The molecular weight excluding hydrogens is 398 g/mol. The number of anilines is 2. The lowest BCUT2D eigenvalue weighted by molar-refractivity contribution is 0.662. The molecule has 5 aromatic rings. The van der Waals surface area contributed by atoms with Crippen LogP contribution in [0.1, 0.15) is 6.92 Å². The topological polar surface area (TPSA) is 81.4 Å². The Balaban J connectivity index is 1.43. The predicted octanol–water partition coefficient (Wildman–Crippen LogP) is 5.23. The molecule has 0 saturated heterocycles. The number of hydrogen-bond acceptors (Lipinski definition) is 6. The maximum absolute atomic E-state index is 4.75. The van der Waals surface area contributed by atoms with Crippen molar-refractivity contribution in [3.05, 3.63) is 91.8 Å². The fourth-order valence-electron chi connectivity index (χ4n) is 3.48. The third kappa shape index (κ3) is 4.09. The van der Waals surface area contributed by atoms with E-state index in [1.54, 1.807) is 24.8 Å². The average Bonchev–Trinajstić information content (AvgIpc) is 3.31. The molecule has 4 heterocycles. The Bertz CT molecular complexity index is 1310. The van der Waals surface area contributed by atoms with Gasteiger partial charge < -0.3 is 5.32 Å². The third-order valence-corrected chi connectivity index (χ3v) is 5.11. The molecule has 1 N–H and O–H groups in total. The van der Waals surface area contributed by atoms with Crippen molar-refractivity contribution >= 4 is 11.6 Å². The maximum Gasteiger partial charge on any atom is 0.227 e. The van der Waals surface area contributed by atoms with Crippen LogP contribution in [-0.2, 0) is 6.54 Å². The van der Waals surface area contributed by atoms with Crippen molar-refractivity contribution in [2.75, 3.05) is 5.32 Å². The second kappa shape index (κ2) is 8.77. The summed E-state index contributed by atoms with van der Waals surface area (Å²) in [5.41, 5.74) is 6.71. The Hall–Kier alpha value is -4.39. The van der Waals surface area contributed by atoms with Crippen LogP contribution < -0.4 is 5.32 Å². The fraction of sp³-hybridized carbons (Fsp3) is 0.0800. The van der Waals surface area contributed by atoms with Crippen LogP contribution in [0.3, 0.4) is 0 Å². The van der Waals surface area contributed by atoms with E-state index < -0.39 is 0 Å². The van der Waals surface area contributed by atoms with E-state index in [-0.39, 0.29) is 0 Å². The van der Waals surface area contributed by atoms with Crippen molar-refractivity contribution in [3.8, 4) is 33.6 Å². The zero-order valence-electron chi connectivity index (χ0n) is 17.6. The molecular formula is C25H21N7. The van der Waals surface area contributed by atoms with E-state index in [2.05, 4.69) is 39.3 Å². The van der Waals surface area contributed by atoms with Crippen molar-refractivity contribution < 1.29 is 0 Å². The first kappa shape index (κ1) is 19.6. The first-order chi connectivity index (χ1) is 15.8. The van der Waals surface area contributed by atoms with Gasteiger partial charge in [-0.3, -0.25) is 14.6 Å². The van der Waals surface area contributed by atoms with Crippen LogP contribution in [0.25, 0.3) is 33.6 Å². The second-order valence-electron chi connectivity index (χ2n) is 7.19. The standard InChI is InChI=1S/C25H21N7/c1-2-32-17-22(24(31-32)20-4-3-12-27-16-20)23-11-15-28-25(30-23)29-21-7-5-18(6-8-21)19-9-13-26-14-10-19/h3-17H,2H2,1H3,(H,28,29,30). The van der Waals surface area contributed by atoms with E-state index in [1.165, 1.54) is 0 Å². The average molecular weight is 419 g/mol. The van der Waals surface area contributed by atoms with Crippen LogP contribution >= 0.6 is 0 Å². The quantitative estimate of drug-likeness (QED) is 0.406. The van der Waals surface area contributed by atoms with Crippen molar-refractivity contribution in [2.45, 2.75) is 13.5 Å². The minimum absolute atomic E-state index is 0.528. The Labute approximate surface area is 185 Å². The number of pyridine rings is 2. The van der Waals surface area contributed by atoms with Gasteiger partial charge in [-0.2, -0.15) is 5.10 Å². The molecule has 32 heavy (non-hydrogen) atoms. The van der Waals surface area contributed by atoms with Gasteiger partial charge in [-0.05, 0) is 60.5 Å². The molecule has 0 atom stereocenters. The van der Waals surface area contributed by atoms with Gasteiger partial charge in [0.1, 0.15) is 5.69 Å². The highest BCUT2D eigenvalue weighted by Crippen LogP contribution is 2.30. The summed E-state index contributed by atoms with van der Waals surface area (Å²) in [6.45, 7) is 2.83. The van der Waals surface area contributed by atoms with E-state index in [4.69, 9.17) is 10.1 Å². The summed E-state index contributed by atoms with van der Waals surface area (Å²) in [5, 5.41) is 8.02. The molecule has 4 aromatic heterocycles. The molecule has 0 aliphatic rings. The molecule has 0 radical (unpaired) electrons. The first-order valence-electron chi connectivity index (χ1n) is 10.4. The van der Waals surface area contributed by atoms with Crippen molar-refractivity contribution in [2.24, 2.45) is 0 Å². The minimum atomic E-state index is 0.528. The van der Waals surface area contributed by atoms with Crippen molar-refractivity contribution in [1.29, 1.82) is 0 Å². The number of hydrogen-bond donors (Lipinski definition) is 1. The Kier molecular flexibility index (Phi) is 5.36. The summed E-state index contributed by atoms with van der Waals surface area (Å²) >= 11 is 0. The zero-order chi connectivity index (χ0) is 21.8. The fourth-order valence-corrected chi connectivity index (χ4v) is 3.48. The van der Waals surface area contributed by atoms with Crippen LogP contribution in [0.15, 0.2) is 91.8 Å². The summed E-state index contributed by atoms with van der Waals surface area (Å²) in [6.07, 6.45) is 10.9. The lowest BCUT2D eigenvalue weighted by atomic mass is 10.1. The van der Waals surface area contributed by atoms with Gasteiger partial charge in [0.25, 0.3) is 0 Å². The van der Waals surface area contributed by atoms with Gasteiger partial charge in [-0.1, -0.05) is 12.1 Å². The first-order valence-corrected chi connectivity index (χ1v) is 10.4. The zero-order valence-corrected chi connectivity index (χ0v) is 17.6. The molecule has 0 amide bonds. The molecule has 1 aromatic carbocycles. The molecule has 5 rings (SSSR count). The Morgan fingerprint density at radius 1 is 0.812 bits per heavy atom. The SMILES string of the molecule is CCn1cc(-c2ccnc(Nc3ccc(-c4ccncc4)cc3)n2)c(-c2cccnc2)n1. The molecule has 0 unspecified atom stereocenters. The monoisotopic (exact) mass is 419 g/mol. The molecule has 0 bridgehead atoms. The highest BCUT2D eigenvalue weighted by atomic mass is 15.3. The lowest BCUT2D eigenvalue weighted by Crippen LogP contribution is -1.98. The molecule has 156 valence electrons. The van der Waals surface area contributed by atoms with Crippen molar-refractivity contribution in [1.82, 2.24) is 29.7 Å². The van der Waals surface area contributed by atoms with Gasteiger partial charge in [0, 0.05) is 60.5 Å². The number of benzene rings is 1. The summed E-state index contributed by atoms with van der Waals surface area (Å²) in [4.78, 5) is 17.5. The van der Waals surface area contributed by atoms with Gasteiger partial charge >= 0.3 is 0 Å². The minimum Gasteiger partial charge on any atom is -0.324 e. The van der Waals surface area contributed by atoms with Gasteiger partial charge in [0.2, 0.25) is 5.95 Å². The van der Waals surface area contributed by atoms with Gasteiger partial charge in [-0.25, -0.2) is 9.97 Å². The summed E-state index contributed by atoms with van der Waals surface area (Å²) in [7, 11) is 0. The third-order valence-electron chi connectivity index (χ3n) is 5.11. The predicted molar refractivity (Wildman–Crippen MR) is 125 cm³/mol. The highest BCUT2D eigenvalue weighted by Gasteiger charge is 2.15. The Morgan fingerprint density at radius 2 is 1.62 bits per heavy atom. The number of nitrogens with one attached hydrogen (secondary N) is 1. The number of nitrogens with zero attached hydrogens (tertiary/aromatic N) is 6. The number of rotatable bonds is 6. The van der Waals surface area contributed by atoms with Crippen LogP contribution in [0.2, 0.25) is 0 Å². The largest absolute Gasteiger partial charge is 0.324 e. The summed E-state index contributed by atoms with van der Waals surface area (Å²) in [6, 6.07) is 18.0.